The van der Waals surface area contributed by atoms with Gasteiger partial charge in [0.05, 0.1) is 0 Å². The molecule has 0 fully saturated rings. The van der Waals surface area contributed by atoms with E-state index in [9.17, 15) is 0 Å². The summed E-state index contributed by atoms with van der Waals surface area (Å²) in [7, 11) is 0. The number of hydrogen-bond acceptors (Lipinski definition) is 0. The van der Waals surface area contributed by atoms with Crippen molar-refractivity contribution >= 4 is 15.2 Å². The molecule has 0 saturated heterocycles. The van der Waals surface area contributed by atoms with Crippen LogP contribution in [-0.4, -0.2) is 15.2 Å². The first-order valence-electron chi connectivity index (χ1n) is 5.94. The van der Waals surface area contributed by atoms with E-state index in [2.05, 4.69) is 27.7 Å². The normalized spacial score (nSPS) is 10.9. The van der Waals surface area contributed by atoms with E-state index in [1.807, 2.05) is 0 Å². The van der Waals surface area contributed by atoms with Crippen LogP contribution < -0.4 is 0 Å². The quantitative estimate of drug-likeness (QED) is 0.399. The summed E-state index contributed by atoms with van der Waals surface area (Å²) in [6.45, 7) is 9.31. The molecule has 1 heteroatoms. The van der Waals surface area contributed by atoms with E-state index in [4.69, 9.17) is 0 Å². The Morgan fingerprint density at radius 2 is 1.15 bits per heavy atom. The Bertz CT molecular complexity index is 85.3. The molecule has 0 nitrogen and oxygen atoms in total. The van der Waals surface area contributed by atoms with Gasteiger partial charge >= 0.3 is 91.0 Å². The summed E-state index contributed by atoms with van der Waals surface area (Å²) >= 11 is 0.778. The average Bonchev–Trinajstić information content (AvgIpc) is 2.01. The van der Waals surface area contributed by atoms with Gasteiger partial charge < -0.3 is 0 Å². The molecule has 0 aromatic heterocycles. The molecule has 0 unspecified atom stereocenters. The molecule has 13 heavy (non-hydrogen) atoms. The third-order valence-electron chi connectivity index (χ3n) is 2.38. The van der Waals surface area contributed by atoms with Gasteiger partial charge in [-0.3, -0.25) is 0 Å². The fourth-order valence-electron chi connectivity index (χ4n) is 1.49. The Balaban J connectivity index is 2.92. The van der Waals surface area contributed by atoms with Gasteiger partial charge in [0.1, 0.15) is 0 Å². The molecule has 0 aromatic rings. The minimum atomic E-state index is 0.778. The van der Waals surface area contributed by atoms with Crippen LogP contribution in [0.4, 0.5) is 0 Å². The van der Waals surface area contributed by atoms with Crippen LogP contribution >= 0.6 is 0 Å². The second-order valence-electron chi connectivity index (χ2n) is 4.94. The number of hydrogen-bond donors (Lipinski definition) is 0. The molecule has 0 bridgehead atoms. The van der Waals surface area contributed by atoms with E-state index >= 15 is 0 Å². The Morgan fingerprint density at radius 3 is 1.46 bits per heavy atom. The molecule has 0 spiro atoms. The predicted molar refractivity (Wildman–Crippen MR) is 63.5 cm³/mol. The summed E-state index contributed by atoms with van der Waals surface area (Å²) in [4.78, 5) is 0. The van der Waals surface area contributed by atoms with Crippen LogP contribution in [0.3, 0.4) is 0 Å². The summed E-state index contributed by atoms with van der Waals surface area (Å²) < 4.78 is 0. The molecule has 0 aliphatic rings. The Kier molecular flexibility index (Phi) is 9.47. The molecular weight excluding hydrogens is 171 g/mol. The molecule has 0 radical (unpaired) electrons. The van der Waals surface area contributed by atoms with Crippen molar-refractivity contribution in [2.24, 2.45) is 11.8 Å². The van der Waals surface area contributed by atoms with Gasteiger partial charge in [0.2, 0.25) is 0 Å². The molecule has 0 N–H and O–H groups in total. The summed E-state index contributed by atoms with van der Waals surface area (Å²) in [5.74, 6) is 1.82. The van der Waals surface area contributed by atoms with Gasteiger partial charge in [0.15, 0.2) is 0 Å². The third kappa shape index (κ3) is 12.5. The second kappa shape index (κ2) is 9.10. The minimum absolute atomic E-state index is 0.778. The van der Waals surface area contributed by atoms with Gasteiger partial charge in [0.25, 0.3) is 0 Å². The van der Waals surface area contributed by atoms with E-state index in [-0.39, 0.29) is 0 Å². The van der Waals surface area contributed by atoms with Gasteiger partial charge in [0, 0.05) is 0 Å². The topological polar surface area (TPSA) is 0 Å². The Hall–Kier alpha value is 0.532. The zero-order chi connectivity index (χ0) is 10.1. The summed E-state index contributed by atoms with van der Waals surface area (Å²) in [6.07, 6.45) is 5.84. The second-order valence-corrected chi connectivity index (χ2v) is 6.67. The van der Waals surface area contributed by atoms with Crippen LogP contribution in [0.5, 0.6) is 0 Å². The molecule has 0 amide bonds. The van der Waals surface area contributed by atoms with Crippen molar-refractivity contribution in [3.63, 3.8) is 0 Å². The first-order valence-corrected chi connectivity index (χ1v) is 7.58. The molecule has 0 saturated carbocycles. The molecule has 0 heterocycles. The fourth-order valence-corrected chi connectivity index (χ4v) is 2.82. The van der Waals surface area contributed by atoms with E-state index in [1.165, 1.54) is 36.2 Å². The third-order valence-corrected chi connectivity index (χ3v) is 4.01. The van der Waals surface area contributed by atoms with Crippen molar-refractivity contribution in [2.45, 2.75) is 63.9 Å². The van der Waals surface area contributed by atoms with E-state index in [0.717, 1.165) is 27.1 Å². The molecule has 0 rings (SSSR count). The molecular formula is C12H26Al+. The monoisotopic (exact) mass is 197 g/mol. The molecule has 0 aliphatic carbocycles. The van der Waals surface area contributed by atoms with E-state index in [0.29, 0.717) is 0 Å². The molecule has 0 aliphatic heterocycles. The first kappa shape index (κ1) is 13.5. The van der Waals surface area contributed by atoms with Crippen molar-refractivity contribution < 1.29 is 0 Å². The summed E-state index contributed by atoms with van der Waals surface area (Å²) in [5.41, 5.74) is 0. The van der Waals surface area contributed by atoms with Crippen molar-refractivity contribution in [1.29, 1.82) is 0 Å². The zero-order valence-electron chi connectivity index (χ0n) is 9.97. The fraction of sp³-hybridized carbons (Fsp3) is 1.00. The maximum atomic E-state index is 2.33. The first-order chi connectivity index (χ1) is 6.13. The van der Waals surface area contributed by atoms with Gasteiger partial charge in [-0.1, -0.05) is 0 Å². The SMILES string of the molecule is CC(C)CC[CH2][Al+][CH2]CCC(C)C. The maximum absolute atomic E-state index is 2.33. The summed E-state index contributed by atoms with van der Waals surface area (Å²) in [5, 5.41) is 3.08. The van der Waals surface area contributed by atoms with Crippen LogP contribution in [0.2, 0.25) is 10.6 Å². The molecule has 0 aromatic carbocycles. The van der Waals surface area contributed by atoms with Crippen molar-refractivity contribution in [3.05, 3.63) is 0 Å². The van der Waals surface area contributed by atoms with E-state index in [1.54, 1.807) is 0 Å². The molecule has 76 valence electrons. The average molecular weight is 197 g/mol. The van der Waals surface area contributed by atoms with Crippen LogP contribution in [-0.2, 0) is 0 Å². The van der Waals surface area contributed by atoms with Crippen LogP contribution in [0.1, 0.15) is 53.4 Å². The Morgan fingerprint density at radius 1 is 0.769 bits per heavy atom. The van der Waals surface area contributed by atoms with Gasteiger partial charge in [-0.2, -0.15) is 0 Å². The standard InChI is InChI=1S/2C6H13.Al/c2*1-4-5-6(2)3;/h2*6H,1,4-5H2,2-3H3;/q;;+1. The number of rotatable bonds is 8. The summed E-state index contributed by atoms with van der Waals surface area (Å²) in [6, 6.07) is 0. The van der Waals surface area contributed by atoms with Gasteiger partial charge in [-0.05, 0) is 0 Å². The van der Waals surface area contributed by atoms with E-state index < -0.39 is 0 Å². The van der Waals surface area contributed by atoms with Crippen molar-refractivity contribution in [2.75, 3.05) is 0 Å². The van der Waals surface area contributed by atoms with Crippen molar-refractivity contribution in [3.8, 4) is 0 Å². The predicted octanol–water partition coefficient (Wildman–Crippen LogP) is 4.40. The van der Waals surface area contributed by atoms with Gasteiger partial charge in [-0.15, -0.1) is 0 Å². The zero-order valence-corrected chi connectivity index (χ0v) is 11.1. The van der Waals surface area contributed by atoms with Crippen LogP contribution in [0.15, 0.2) is 0 Å². The van der Waals surface area contributed by atoms with Crippen molar-refractivity contribution in [1.82, 2.24) is 0 Å². The Labute approximate surface area is 91.2 Å². The van der Waals surface area contributed by atoms with Crippen LogP contribution in [0, 0.1) is 11.8 Å². The van der Waals surface area contributed by atoms with Crippen LogP contribution in [0.25, 0.3) is 0 Å². The van der Waals surface area contributed by atoms with Gasteiger partial charge in [-0.25, -0.2) is 0 Å². The molecule has 0 atom stereocenters.